The number of fused-ring (bicyclic) bond motifs is 1. The molecule has 0 spiro atoms. The maximum absolute atomic E-state index is 11.5. The van der Waals surface area contributed by atoms with Crippen molar-refractivity contribution in [1.82, 2.24) is 4.90 Å². The molecule has 108 valence electrons. The van der Waals surface area contributed by atoms with Gasteiger partial charge in [0.25, 0.3) is 0 Å². The predicted octanol–water partition coefficient (Wildman–Crippen LogP) is 3.10. The number of benzene rings is 1. The Bertz CT molecular complexity index is 520. The van der Waals surface area contributed by atoms with Crippen LogP contribution in [-0.4, -0.2) is 29.1 Å². The first-order valence-corrected chi connectivity index (χ1v) is 7.69. The number of hydrogen-bond donors (Lipinski definition) is 1. The summed E-state index contributed by atoms with van der Waals surface area (Å²) in [5, 5.41) is 9.44. The number of carboxylic acids is 1. The second-order valence-corrected chi connectivity index (χ2v) is 6.31. The van der Waals surface area contributed by atoms with E-state index in [2.05, 4.69) is 30.0 Å². The molecule has 1 aliphatic heterocycles. The van der Waals surface area contributed by atoms with Gasteiger partial charge in [-0.1, -0.05) is 30.2 Å². The second kappa shape index (κ2) is 5.21. The molecule has 1 aromatic carbocycles. The summed E-state index contributed by atoms with van der Waals surface area (Å²) in [6, 6.07) is 6.56. The summed E-state index contributed by atoms with van der Waals surface area (Å²) in [5.74, 6) is -0.676. The maximum Gasteiger partial charge on any atom is 0.305 e. The number of rotatable bonds is 3. The highest BCUT2D eigenvalue weighted by Crippen LogP contribution is 2.45. The average molecular weight is 273 g/mol. The summed E-state index contributed by atoms with van der Waals surface area (Å²) in [6.45, 7) is 4.18. The third kappa shape index (κ3) is 2.24. The van der Waals surface area contributed by atoms with Gasteiger partial charge in [-0.15, -0.1) is 0 Å². The van der Waals surface area contributed by atoms with E-state index in [9.17, 15) is 9.90 Å². The highest BCUT2D eigenvalue weighted by atomic mass is 16.4. The van der Waals surface area contributed by atoms with Crippen molar-refractivity contribution in [2.75, 3.05) is 13.1 Å². The highest BCUT2D eigenvalue weighted by molar-refractivity contribution is 5.69. The smallest absolute Gasteiger partial charge is 0.305 e. The first-order valence-electron chi connectivity index (χ1n) is 7.69. The van der Waals surface area contributed by atoms with Crippen molar-refractivity contribution in [1.29, 1.82) is 0 Å². The summed E-state index contributed by atoms with van der Waals surface area (Å²) in [4.78, 5) is 13.9. The molecule has 3 nitrogen and oxygen atoms in total. The monoisotopic (exact) mass is 273 g/mol. The molecule has 1 aliphatic carbocycles. The first-order chi connectivity index (χ1) is 9.62. The van der Waals surface area contributed by atoms with Crippen LogP contribution in [0, 0.1) is 6.92 Å². The normalized spacial score (nSPS) is 26.4. The summed E-state index contributed by atoms with van der Waals surface area (Å²) in [6.07, 6.45) is 5.88. The minimum Gasteiger partial charge on any atom is -0.481 e. The van der Waals surface area contributed by atoms with Gasteiger partial charge in [0, 0.05) is 0 Å². The third-order valence-corrected chi connectivity index (χ3v) is 4.98. The summed E-state index contributed by atoms with van der Waals surface area (Å²) < 4.78 is 0. The van der Waals surface area contributed by atoms with E-state index in [1.54, 1.807) is 0 Å². The standard InChI is InChI=1S/C17H23NO2/c1-13-5-6-14-7-8-17(12-16(19)20,15(14)11-13)18-9-3-2-4-10-18/h5-6,11H,2-4,7-10,12H2,1H3,(H,19,20). The summed E-state index contributed by atoms with van der Waals surface area (Å²) >= 11 is 0. The molecule has 3 rings (SSSR count). The van der Waals surface area contributed by atoms with Gasteiger partial charge in [-0.25, -0.2) is 0 Å². The number of aliphatic carboxylic acids is 1. The molecular formula is C17H23NO2. The molecule has 0 aromatic heterocycles. The van der Waals surface area contributed by atoms with Crippen LogP contribution in [0.1, 0.15) is 48.8 Å². The minimum absolute atomic E-state index is 0.240. The van der Waals surface area contributed by atoms with E-state index >= 15 is 0 Å². The van der Waals surface area contributed by atoms with Gasteiger partial charge in [0.05, 0.1) is 12.0 Å². The lowest BCUT2D eigenvalue weighted by atomic mass is 9.84. The number of carboxylic acid groups (broad SMARTS) is 1. The Morgan fingerprint density at radius 1 is 1.30 bits per heavy atom. The van der Waals surface area contributed by atoms with Gasteiger partial charge in [-0.05, 0) is 56.8 Å². The molecule has 1 N–H and O–H groups in total. The van der Waals surface area contributed by atoms with E-state index in [-0.39, 0.29) is 12.0 Å². The van der Waals surface area contributed by atoms with Crippen molar-refractivity contribution in [2.24, 2.45) is 0 Å². The van der Waals surface area contributed by atoms with Crippen LogP contribution >= 0.6 is 0 Å². The molecule has 3 heteroatoms. The van der Waals surface area contributed by atoms with Crippen LogP contribution < -0.4 is 0 Å². The summed E-state index contributed by atoms with van der Waals surface area (Å²) in [5.41, 5.74) is 3.61. The predicted molar refractivity (Wildman–Crippen MR) is 78.9 cm³/mol. The lowest BCUT2D eigenvalue weighted by molar-refractivity contribution is -0.141. The number of hydrogen-bond acceptors (Lipinski definition) is 2. The van der Waals surface area contributed by atoms with Crippen LogP contribution in [0.5, 0.6) is 0 Å². The zero-order valence-corrected chi connectivity index (χ0v) is 12.2. The van der Waals surface area contributed by atoms with Gasteiger partial charge in [0.2, 0.25) is 0 Å². The summed E-state index contributed by atoms with van der Waals surface area (Å²) in [7, 11) is 0. The van der Waals surface area contributed by atoms with Gasteiger partial charge in [-0.3, -0.25) is 9.69 Å². The van der Waals surface area contributed by atoms with Crippen molar-refractivity contribution in [3.8, 4) is 0 Å². The Balaban J connectivity index is 2.04. The van der Waals surface area contributed by atoms with Gasteiger partial charge in [0.15, 0.2) is 0 Å². The number of piperidine rings is 1. The van der Waals surface area contributed by atoms with Crippen LogP contribution in [-0.2, 0) is 16.8 Å². The van der Waals surface area contributed by atoms with Crippen molar-refractivity contribution >= 4 is 5.97 Å². The third-order valence-electron chi connectivity index (χ3n) is 4.98. The molecule has 1 atom stereocenters. The zero-order valence-electron chi connectivity index (χ0n) is 12.2. The lowest BCUT2D eigenvalue weighted by Crippen LogP contribution is -2.48. The van der Waals surface area contributed by atoms with Gasteiger partial charge >= 0.3 is 5.97 Å². The number of carbonyl (C=O) groups is 1. The fourth-order valence-electron chi connectivity index (χ4n) is 4.01. The fraction of sp³-hybridized carbons (Fsp3) is 0.588. The molecule has 1 unspecified atom stereocenters. The van der Waals surface area contributed by atoms with Crippen LogP contribution in [0.15, 0.2) is 18.2 Å². The first kappa shape index (κ1) is 13.6. The largest absolute Gasteiger partial charge is 0.481 e. The lowest BCUT2D eigenvalue weighted by Gasteiger charge is -2.43. The average Bonchev–Trinajstić information content (AvgIpc) is 2.79. The van der Waals surface area contributed by atoms with Crippen molar-refractivity contribution in [3.05, 3.63) is 34.9 Å². The highest BCUT2D eigenvalue weighted by Gasteiger charge is 2.45. The number of likely N-dealkylation sites (tertiary alicyclic amines) is 1. The maximum atomic E-state index is 11.5. The fourth-order valence-corrected chi connectivity index (χ4v) is 4.01. The van der Waals surface area contributed by atoms with Crippen molar-refractivity contribution in [3.63, 3.8) is 0 Å². The molecular weight excluding hydrogens is 250 g/mol. The molecule has 0 bridgehead atoms. The Morgan fingerprint density at radius 2 is 2.05 bits per heavy atom. The second-order valence-electron chi connectivity index (χ2n) is 6.31. The number of nitrogens with zero attached hydrogens (tertiary/aromatic N) is 1. The van der Waals surface area contributed by atoms with E-state index in [4.69, 9.17) is 0 Å². The van der Waals surface area contributed by atoms with Gasteiger partial charge in [-0.2, -0.15) is 0 Å². The van der Waals surface area contributed by atoms with E-state index < -0.39 is 5.97 Å². The zero-order chi connectivity index (χ0) is 14.2. The van der Waals surface area contributed by atoms with Crippen LogP contribution in [0.4, 0.5) is 0 Å². The van der Waals surface area contributed by atoms with Crippen molar-refractivity contribution in [2.45, 2.75) is 51.0 Å². The Morgan fingerprint density at radius 3 is 2.75 bits per heavy atom. The molecule has 1 heterocycles. The van der Waals surface area contributed by atoms with E-state index in [0.717, 1.165) is 25.9 Å². The van der Waals surface area contributed by atoms with E-state index in [1.165, 1.54) is 36.0 Å². The SMILES string of the molecule is Cc1ccc2c(c1)C(CC(=O)O)(N1CCCCC1)CC2. The Labute approximate surface area is 120 Å². The minimum atomic E-state index is -0.676. The molecule has 1 saturated heterocycles. The van der Waals surface area contributed by atoms with E-state index in [1.807, 2.05) is 0 Å². The molecule has 20 heavy (non-hydrogen) atoms. The van der Waals surface area contributed by atoms with Gasteiger partial charge in [0.1, 0.15) is 0 Å². The Hall–Kier alpha value is -1.35. The van der Waals surface area contributed by atoms with Crippen molar-refractivity contribution < 1.29 is 9.90 Å². The molecule has 0 amide bonds. The van der Waals surface area contributed by atoms with Crippen LogP contribution in [0.3, 0.4) is 0 Å². The Kier molecular flexibility index (Phi) is 3.55. The molecule has 2 aliphatic rings. The van der Waals surface area contributed by atoms with Gasteiger partial charge < -0.3 is 5.11 Å². The molecule has 0 saturated carbocycles. The topological polar surface area (TPSA) is 40.5 Å². The number of aryl methyl sites for hydroxylation is 2. The van der Waals surface area contributed by atoms with E-state index in [0.29, 0.717) is 0 Å². The molecule has 0 radical (unpaired) electrons. The molecule has 1 aromatic rings. The molecule has 1 fully saturated rings. The van der Waals surface area contributed by atoms with Crippen LogP contribution in [0.25, 0.3) is 0 Å². The quantitative estimate of drug-likeness (QED) is 0.920. The van der Waals surface area contributed by atoms with Crippen LogP contribution in [0.2, 0.25) is 0 Å².